The number of rotatable bonds is 6. The molecule has 2 nitrogen and oxygen atoms in total. The lowest BCUT2D eigenvalue weighted by atomic mass is 10.00. The predicted octanol–water partition coefficient (Wildman–Crippen LogP) is 2.36. The molecule has 0 aliphatic carbocycles. The van der Waals surface area contributed by atoms with Crippen LogP contribution in [-0.4, -0.2) is 27.3 Å². The van der Waals surface area contributed by atoms with Crippen LogP contribution in [0.5, 0.6) is 0 Å². The van der Waals surface area contributed by atoms with Crippen molar-refractivity contribution in [1.82, 2.24) is 5.32 Å². The zero-order valence-corrected chi connectivity index (χ0v) is 10.1. The number of hydrogen-bond acceptors (Lipinski definition) is 2. The van der Waals surface area contributed by atoms with Crippen LogP contribution in [0.3, 0.4) is 0 Å². The summed E-state index contributed by atoms with van der Waals surface area (Å²) in [7, 11) is 3.69. The van der Waals surface area contributed by atoms with E-state index in [0.717, 1.165) is 24.6 Å². The molecular weight excluding hydrogens is 210 g/mol. The number of halogens is 1. The Hall–Kier alpha value is -0.570. The number of methoxy groups -OCH3 is 1. The third kappa shape index (κ3) is 4.20. The van der Waals surface area contributed by atoms with E-state index in [1.807, 2.05) is 25.2 Å². The molecule has 15 heavy (non-hydrogen) atoms. The highest BCUT2D eigenvalue weighted by atomic mass is 35.5. The molecule has 1 rings (SSSR count). The van der Waals surface area contributed by atoms with Gasteiger partial charge in [-0.25, -0.2) is 0 Å². The van der Waals surface area contributed by atoms with Gasteiger partial charge in [0.15, 0.2) is 0 Å². The van der Waals surface area contributed by atoms with Gasteiger partial charge in [0.1, 0.15) is 0 Å². The Morgan fingerprint density at radius 1 is 1.40 bits per heavy atom. The molecule has 0 aromatic heterocycles. The molecule has 1 aromatic rings. The highest BCUT2D eigenvalue weighted by Crippen LogP contribution is 2.18. The monoisotopic (exact) mass is 227 g/mol. The van der Waals surface area contributed by atoms with E-state index in [9.17, 15) is 0 Å². The zero-order valence-electron chi connectivity index (χ0n) is 9.29. The minimum Gasteiger partial charge on any atom is -0.384 e. The van der Waals surface area contributed by atoms with Gasteiger partial charge < -0.3 is 10.1 Å². The van der Waals surface area contributed by atoms with Crippen LogP contribution >= 0.6 is 11.6 Å². The second-order valence-corrected chi connectivity index (χ2v) is 4.08. The maximum Gasteiger partial charge on any atom is 0.0505 e. The van der Waals surface area contributed by atoms with E-state index in [2.05, 4.69) is 11.4 Å². The highest BCUT2D eigenvalue weighted by molar-refractivity contribution is 6.31. The molecule has 0 radical (unpaired) electrons. The normalized spacial score (nSPS) is 12.7. The van der Waals surface area contributed by atoms with Gasteiger partial charge >= 0.3 is 0 Å². The molecule has 1 N–H and O–H groups in total. The van der Waals surface area contributed by atoms with Crippen molar-refractivity contribution >= 4 is 11.6 Å². The first kappa shape index (κ1) is 12.5. The summed E-state index contributed by atoms with van der Waals surface area (Å²) >= 11 is 6.11. The maximum atomic E-state index is 6.11. The number of hydrogen-bond donors (Lipinski definition) is 1. The first-order valence-electron chi connectivity index (χ1n) is 5.15. The summed E-state index contributed by atoms with van der Waals surface area (Å²) in [5.74, 6) is 0.472. The van der Waals surface area contributed by atoms with E-state index in [0.29, 0.717) is 5.92 Å². The van der Waals surface area contributed by atoms with Crippen molar-refractivity contribution in [1.29, 1.82) is 0 Å². The Bertz CT molecular complexity index is 285. The third-order valence-corrected chi connectivity index (χ3v) is 2.73. The first-order valence-corrected chi connectivity index (χ1v) is 5.52. The van der Waals surface area contributed by atoms with Crippen LogP contribution < -0.4 is 5.32 Å². The fraction of sp³-hybridized carbons (Fsp3) is 0.500. The van der Waals surface area contributed by atoms with Crippen LogP contribution in [0.25, 0.3) is 0 Å². The Balaban J connectivity index is 2.60. The summed E-state index contributed by atoms with van der Waals surface area (Å²) in [4.78, 5) is 0. The van der Waals surface area contributed by atoms with Gasteiger partial charge in [-0.15, -0.1) is 0 Å². The molecule has 0 heterocycles. The molecule has 1 atom stereocenters. The van der Waals surface area contributed by atoms with Crippen LogP contribution in [0, 0.1) is 5.92 Å². The van der Waals surface area contributed by atoms with Gasteiger partial charge in [0.25, 0.3) is 0 Å². The zero-order chi connectivity index (χ0) is 11.1. The number of benzene rings is 1. The summed E-state index contributed by atoms with van der Waals surface area (Å²) in [5, 5.41) is 4.01. The van der Waals surface area contributed by atoms with E-state index in [-0.39, 0.29) is 0 Å². The molecule has 0 aliphatic rings. The van der Waals surface area contributed by atoms with Crippen molar-refractivity contribution in [3.8, 4) is 0 Å². The number of ether oxygens (including phenoxy) is 1. The van der Waals surface area contributed by atoms with Crippen LogP contribution in [0.1, 0.15) is 5.56 Å². The fourth-order valence-corrected chi connectivity index (χ4v) is 1.90. The fourth-order valence-electron chi connectivity index (χ4n) is 1.69. The van der Waals surface area contributed by atoms with Crippen molar-refractivity contribution in [2.24, 2.45) is 5.92 Å². The minimum absolute atomic E-state index is 0.472. The van der Waals surface area contributed by atoms with Crippen LogP contribution in [0.4, 0.5) is 0 Å². The SMILES string of the molecule is CNCC(COC)Cc1ccccc1Cl. The molecule has 0 saturated heterocycles. The van der Waals surface area contributed by atoms with Gasteiger partial charge in [-0.1, -0.05) is 29.8 Å². The largest absolute Gasteiger partial charge is 0.384 e. The average molecular weight is 228 g/mol. The third-order valence-electron chi connectivity index (χ3n) is 2.36. The quantitative estimate of drug-likeness (QED) is 0.806. The summed E-state index contributed by atoms with van der Waals surface area (Å²) in [6, 6.07) is 7.97. The van der Waals surface area contributed by atoms with Crippen molar-refractivity contribution < 1.29 is 4.74 Å². The molecule has 0 fully saturated rings. The summed E-state index contributed by atoms with van der Waals surface area (Å²) in [5.41, 5.74) is 1.19. The van der Waals surface area contributed by atoms with E-state index < -0.39 is 0 Å². The van der Waals surface area contributed by atoms with Crippen molar-refractivity contribution in [3.63, 3.8) is 0 Å². The Morgan fingerprint density at radius 2 is 2.13 bits per heavy atom. The van der Waals surface area contributed by atoms with Gasteiger partial charge in [0.2, 0.25) is 0 Å². The molecule has 1 unspecified atom stereocenters. The second-order valence-electron chi connectivity index (χ2n) is 3.67. The molecule has 0 saturated carbocycles. The molecule has 1 aromatic carbocycles. The number of nitrogens with one attached hydrogen (secondary N) is 1. The molecule has 0 spiro atoms. The highest BCUT2D eigenvalue weighted by Gasteiger charge is 2.10. The van der Waals surface area contributed by atoms with Crippen molar-refractivity contribution in [2.45, 2.75) is 6.42 Å². The van der Waals surface area contributed by atoms with E-state index in [1.54, 1.807) is 7.11 Å². The Kier molecular flexibility index (Phi) is 5.69. The van der Waals surface area contributed by atoms with E-state index in [1.165, 1.54) is 5.56 Å². The van der Waals surface area contributed by atoms with Crippen LogP contribution in [0.2, 0.25) is 5.02 Å². The smallest absolute Gasteiger partial charge is 0.0505 e. The van der Waals surface area contributed by atoms with Crippen LogP contribution in [-0.2, 0) is 11.2 Å². The Labute approximate surface area is 96.6 Å². The molecular formula is C12H18ClNO. The van der Waals surface area contributed by atoms with E-state index >= 15 is 0 Å². The molecule has 84 valence electrons. The van der Waals surface area contributed by atoms with Gasteiger partial charge in [0, 0.05) is 18.7 Å². The topological polar surface area (TPSA) is 21.3 Å². The minimum atomic E-state index is 0.472. The van der Waals surface area contributed by atoms with E-state index in [4.69, 9.17) is 16.3 Å². The average Bonchev–Trinajstić information content (AvgIpc) is 2.22. The lowest BCUT2D eigenvalue weighted by Crippen LogP contribution is -2.24. The van der Waals surface area contributed by atoms with Gasteiger partial charge in [-0.05, 0) is 31.0 Å². The molecule has 0 bridgehead atoms. The Morgan fingerprint density at radius 3 is 2.73 bits per heavy atom. The summed E-state index contributed by atoms with van der Waals surface area (Å²) in [6.45, 7) is 1.70. The lowest BCUT2D eigenvalue weighted by Gasteiger charge is -2.16. The van der Waals surface area contributed by atoms with Gasteiger partial charge in [-0.2, -0.15) is 0 Å². The predicted molar refractivity (Wildman–Crippen MR) is 64.4 cm³/mol. The second kappa shape index (κ2) is 6.83. The molecule has 0 amide bonds. The lowest BCUT2D eigenvalue weighted by molar-refractivity contribution is 0.152. The maximum absolute atomic E-state index is 6.11. The van der Waals surface area contributed by atoms with Crippen LogP contribution in [0.15, 0.2) is 24.3 Å². The molecule has 3 heteroatoms. The standard InChI is InChI=1S/C12H18ClNO/c1-14-8-10(9-15-2)7-11-5-3-4-6-12(11)13/h3-6,10,14H,7-9H2,1-2H3. The molecule has 0 aliphatic heterocycles. The first-order chi connectivity index (χ1) is 7.27. The van der Waals surface area contributed by atoms with Crippen molar-refractivity contribution in [2.75, 3.05) is 27.3 Å². The van der Waals surface area contributed by atoms with Crippen molar-refractivity contribution in [3.05, 3.63) is 34.9 Å². The summed E-state index contributed by atoms with van der Waals surface area (Å²) < 4.78 is 5.19. The summed E-state index contributed by atoms with van der Waals surface area (Å²) in [6.07, 6.45) is 0.953. The van der Waals surface area contributed by atoms with Gasteiger partial charge in [0.05, 0.1) is 6.61 Å². The van der Waals surface area contributed by atoms with Gasteiger partial charge in [-0.3, -0.25) is 0 Å².